The SMILES string of the molecule is C1CCCCCC2CCCCCCCCC34CCC(CCCCC1)C1CCC3C3C1CC1C5CCCC6CC7CCC8CCCCC9CCCC8CCC7CC67CCC68C(C7CC5)C(CC13)C6(CC4)C1C3C4C5C6C7C%10C%11C(CC2)C(CC9)C%11C%10C7C6C5C4C3C18. The number of hydrogen-bond acceptors (Lipinski definition) is 0. The molecule has 91 heavy (non-hydrogen) atoms. The molecule has 0 heteroatoms. The van der Waals surface area contributed by atoms with Crippen molar-refractivity contribution in [2.24, 2.45) is 235 Å². The molecule has 0 nitrogen and oxygen atoms in total. The molecule has 4 spiro atoms. The molecule has 25 aliphatic rings. The Kier molecular flexibility index (Phi) is 13.5. The second-order valence-corrected chi connectivity index (χ2v) is 43.2. The summed E-state index contributed by atoms with van der Waals surface area (Å²) in [6, 6.07) is 0. The quantitative estimate of drug-likeness (QED) is 0.227. The molecule has 0 aliphatic heterocycles. The highest BCUT2D eigenvalue weighted by atomic mass is 15.0. The van der Waals surface area contributed by atoms with Gasteiger partial charge in [-0.1, -0.05) is 186 Å². The molecule has 0 amide bonds. The Morgan fingerprint density at radius 3 is 1.40 bits per heavy atom. The van der Waals surface area contributed by atoms with Crippen LogP contribution in [0.4, 0.5) is 0 Å². The Hall–Kier alpha value is 0. The van der Waals surface area contributed by atoms with Crippen molar-refractivity contribution in [1.82, 2.24) is 0 Å². The predicted molar refractivity (Wildman–Crippen MR) is 371 cm³/mol. The molecule has 0 aromatic carbocycles. The van der Waals surface area contributed by atoms with E-state index in [1.165, 1.54) is 107 Å². The summed E-state index contributed by atoms with van der Waals surface area (Å²) in [5.41, 5.74) is 2.99. The highest BCUT2D eigenvalue weighted by Crippen LogP contribution is 3.03. The molecule has 25 aliphatic carbocycles. The predicted octanol–water partition coefficient (Wildman–Crippen LogP) is 24.3. The average Bonchev–Trinajstić information content (AvgIpc) is 0.745. The van der Waals surface area contributed by atoms with E-state index >= 15 is 0 Å². The molecule has 502 valence electrons. The van der Waals surface area contributed by atoms with E-state index in [4.69, 9.17) is 0 Å². The monoisotopic (exact) mass is 1230 g/mol. The maximum atomic E-state index is 1.83. The van der Waals surface area contributed by atoms with Crippen LogP contribution in [0.2, 0.25) is 0 Å². The molecule has 40 unspecified atom stereocenters. The molecule has 16 bridgehead atoms. The summed E-state index contributed by atoms with van der Waals surface area (Å²) in [6.45, 7) is 0. The third-order valence-corrected chi connectivity index (χ3v) is 42.9. The largest absolute Gasteiger partial charge is 0.0533 e. The Bertz CT molecular complexity index is 2750. The highest BCUT2D eigenvalue weighted by Gasteiger charge is 2.99. The first-order chi connectivity index (χ1) is 45.1. The molecule has 0 aromatic heterocycles. The van der Waals surface area contributed by atoms with Gasteiger partial charge in [0.15, 0.2) is 0 Å². The van der Waals surface area contributed by atoms with Crippen LogP contribution in [0.1, 0.15) is 327 Å². The summed E-state index contributed by atoms with van der Waals surface area (Å²) in [4.78, 5) is 0. The van der Waals surface area contributed by atoms with Gasteiger partial charge in [0.1, 0.15) is 0 Å². The van der Waals surface area contributed by atoms with Gasteiger partial charge < -0.3 is 0 Å². The lowest BCUT2D eigenvalue weighted by molar-refractivity contribution is -0.553. The van der Waals surface area contributed by atoms with Crippen LogP contribution in [-0.2, 0) is 0 Å². The van der Waals surface area contributed by atoms with Crippen LogP contribution in [0.25, 0.3) is 0 Å². The molecule has 25 rings (SSSR count). The van der Waals surface area contributed by atoms with Gasteiger partial charge in [-0.2, -0.15) is 0 Å². The summed E-state index contributed by atoms with van der Waals surface area (Å²) in [5, 5.41) is 0. The second-order valence-electron chi connectivity index (χ2n) is 43.2. The molecule has 25 saturated carbocycles. The number of rotatable bonds is 0. The van der Waals surface area contributed by atoms with Crippen molar-refractivity contribution in [2.75, 3.05) is 0 Å². The molecule has 0 radical (unpaired) electrons. The van der Waals surface area contributed by atoms with Gasteiger partial charge in [-0.3, -0.25) is 0 Å². The first-order valence-corrected chi connectivity index (χ1v) is 45.1. The molecular weight excluding hydrogens is 1090 g/mol. The summed E-state index contributed by atoms with van der Waals surface area (Å²) in [7, 11) is 0. The highest BCUT2D eigenvalue weighted by molar-refractivity contribution is 5.46. The maximum Gasteiger partial charge on any atom is -0.0167 e. The molecule has 0 aromatic rings. The lowest BCUT2D eigenvalue weighted by Crippen LogP contribution is -2.98. The van der Waals surface area contributed by atoms with E-state index in [9.17, 15) is 0 Å². The molecular formula is C91H138. The molecule has 40 atom stereocenters. The van der Waals surface area contributed by atoms with E-state index in [0.717, 1.165) is 123 Å². The van der Waals surface area contributed by atoms with E-state index in [2.05, 4.69) is 0 Å². The zero-order chi connectivity index (χ0) is 58.8. The normalized spacial score (nSPS) is 64.6. The van der Waals surface area contributed by atoms with Crippen molar-refractivity contribution >= 4 is 0 Å². The fourth-order valence-corrected chi connectivity index (χ4v) is 40.7. The van der Waals surface area contributed by atoms with Gasteiger partial charge in [0.25, 0.3) is 0 Å². The van der Waals surface area contributed by atoms with Crippen molar-refractivity contribution in [2.45, 2.75) is 327 Å². The van der Waals surface area contributed by atoms with Crippen molar-refractivity contribution in [1.29, 1.82) is 0 Å². The first kappa shape index (κ1) is 57.7. The van der Waals surface area contributed by atoms with Gasteiger partial charge in [-0.05, 0) is 376 Å². The van der Waals surface area contributed by atoms with Crippen LogP contribution in [0.5, 0.6) is 0 Å². The Labute approximate surface area is 558 Å². The minimum Gasteiger partial charge on any atom is -0.0533 e. The van der Waals surface area contributed by atoms with E-state index in [1.807, 2.05) is 6.42 Å². The minimum absolute atomic E-state index is 0.683. The Morgan fingerprint density at radius 1 is 0.198 bits per heavy atom. The van der Waals surface area contributed by atoms with Gasteiger partial charge in [-0.25, -0.2) is 0 Å². The van der Waals surface area contributed by atoms with Crippen LogP contribution < -0.4 is 0 Å². The second kappa shape index (κ2) is 21.3. The fourth-order valence-electron chi connectivity index (χ4n) is 40.7. The van der Waals surface area contributed by atoms with Crippen LogP contribution in [0, 0.1) is 235 Å². The smallest absolute Gasteiger partial charge is 0.0167 e. The van der Waals surface area contributed by atoms with Gasteiger partial charge >= 0.3 is 0 Å². The lowest BCUT2D eigenvalue weighted by atomic mass is 9.02. The number of hydrogen-bond donors (Lipinski definition) is 0. The topological polar surface area (TPSA) is 0 Å². The zero-order valence-electron chi connectivity index (χ0n) is 58.8. The summed E-state index contributed by atoms with van der Waals surface area (Å²) < 4.78 is 0. The van der Waals surface area contributed by atoms with E-state index in [1.54, 1.807) is 321 Å². The van der Waals surface area contributed by atoms with Crippen LogP contribution in [0.15, 0.2) is 0 Å². The van der Waals surface area contributed by atoms with E-state index in [0.29, 0.717) is 5.41 Å². The Morgan fingerprint density at radius 2 is 0.681 bits per heavy atom. The van der Waals surface area contributed by atoms with Gasteiger partial charge in [-0.15, -0.1) is 0 Å². The van der Waals surface area contributed by atoms with E-state index < -0.39 is 0 Å². The lowest BCUT2D eigenvalue weighted by Gasteiger charge is -3.02. The average molecular weight is 1230 g/mol. The van der Waals surface area contributed by atoms with Crippen LogP contribution in [-0.4, -0.2) is 0 Å². The van der Waals surface area contributed by atoms with Gasteiger partial charge in [0.2, 0.25) is 0 Å². The zero-order valence-corrected chi connectivity index (χ0v) is 58.8. The maximum absolute atomic E-state index is 1.83. The summed E-state index contributed by atoms with van der Waals surface area (Å²) in [5.74, 6) is 42.2. The van der Waals surface area contributed by atoms with Crippen LogP contribution in [0.3, 0.4) is 0 Å². The van der Waals surface area contributed by atoms with Crippen molar-refractivity contribution in [3.63, 3.8) is 0 Å². The van der Waals surface area contributed by atoms with Gasteiger partial charge in [0.05, 0.1) is 0 Å². The third kappa shape index (κ3) is 7.39. The standard InChI is InChI=1S/C91H138/c1-2-4-8-12-20-52-21-13-9-6-7-11-17-42-88-43-41-57(25-14-10-5-3-1)61-38-40-67(88)70-65(61)49-64-56-27-19-28-60-48-58-33-31-54-24-16-15-22-53-23-18-26-55(54)32-34-59(58)51-89(60)45-47-91-85(68(89)39-35-56)69(50-66(64)70)90(91,46-44-88)86-83-81-79-77-75-73-71-62(36-29-52)63(37-30-53)72(71)74(73)76(75)78(77)80(79)82(81)84(83)87(86)91/h52-87H,1-51H2. The third-order valence-electron chi connectivity index (χ3n) is 42.9. The summed E-state index contributed by atoms with van der Waals surface area (Å²) in [6.07, 6.45) is 84.3. The van der Waals surface area contributed by atoms with Crippen LogP contribution >= 0.6 is 0 Å². The molecule has 25 fully saturated rings. The minimum atomic E-state index is 0.683. The molecule has 0 heterocycles. The van der Waals surface area contributed by atoms with E-state index in [-0.39, 0.29) is 0 Å². The fraction of sp³-hybridized carbons (Fsp3) is 1.00. The molecule has 0 N–H and O–H groups in total. The summed E-state index contributed by atoms with van der Waals surface area (Å²) >= 11 is 0. The number of fused-ring (bicyclic) bond motifs is 15. The van der Waals surface area contributed by atoms with Crippen molar-refractivity contribution < 1.29 is 0 Å². The van der Waals surface area contributed by atoms with Gasteiger partial charge in [0, 0.05) is 0 Å². The molecule has 0 saturated heterocycles. The van der Waals surface area contributed by atoms with Crippen molar-refractivity contribution in [3.05, 3.63) is 0 Å². The first-order valence-electron chi connectivity index (χ1n) is 45.1. The van der Waals surface area contributed by atoms with Crippen molar-refractivity contribution in [3.8, 4) is 0 Å². The Balaban J connectivity index is 0.679.